The third-order valence-corrected chi connectivity index (χ3v) is 5.17. The number of hydrogen-bond acceptors (Lipinski definition) is 3. The van der Waals surface area contributed by atoms with E-state index in [1.165, 1.54) is 0 Å². The van der Waals surface area contributed by atoms with Crippen LogP contribution in [0.15, 0.2) is 24.4 Å². The van der Waals surface area contributed by atoms with Crippen LogP contribution in [0.3, 0.4) is 0 Å². The second kappa shape index (κ2) is 5.63. The zero-order valence-electron chi connectivity index (χ0n) is 13.9. The summed E-state index contributed by atoms with van der Waals surface area (Å²) in [5.74, 6) is -0.908. The van der Waals surface area contributed by atoms with E-state index in [4.69, 9.17) is 4.74 Å². The summed E-state index contributed by atoms with van der Waals surface area (Å²) in [5, 5.41) is 14.8. The maximum atomic E-state index is 11.3. The van der Waals surface area contributed by atoms with Crippen molar-refractivity contribution in [3.63, 3.8) is 0 Å². The number of carbonyl (C=O) groups is 1. The fourth-order valence-electron chi connectivity index (χ4n) is 3.98. The quantitative estimate of drug-likeness (QED) is 0.801. The van der Waals surface area contributed by atoms with Crippen molar-refractivity contribution >= 4 is 27.9 Å². The molecular weight excluding hydrogens is 306 g/mol. The van der Waals surface area contributed by atoms with Crippen molar-refractivity contribution in [2.45, 2.75) is 37.8 Å². The third kappa shape index (κ3) is 2.29. The second-order valence-electron chi connectivity index (χ2n) is 6.61. The molecule has 0 radical (unpaired) electrons. The van der Waals surface area contributed by atoms with Gasteiger partial charge in [0.2, 0.25) is 0 Å². The highest BCUT2D eigenvalue weighted by molar-refractivity contribution is 6.08. The van der Waals surface area contributed by atoms with Crippen molar-refractivity contribution in [1.82, 2.24) is 14.3 Å². The maximum Gasteiger partial charge on any atom is 0.335 e. The van der Waals surface area contributed by atoms with Gasteiger partial charge in [-0.15, -0.1) is 0 Å². The van der Waals surface area contributed by atoms with Crippen molar-refractivity contribution in [2.75, 3.05) is 7.11 Å². The van der Waals surface area contributed by atoms with Gasteiger partial charge < -0.3 is 14.4 Å². The van der Waals surface area contributed by atoms with E-state index >= 15 is 0 Å². The van der Waals surface area contributed by atoms with Gasteiger partial charge in [-0.05, 0) is 43.9 Å². The average Bonchev–Trinajstić information content (AvgIpc) is 3.09. The van der Waals surface area contributed by atoms with Crippen molar-refractivity contribution < 1.29 is 14.6 Å². The normalized spacial score (nSPS) is 21.6. The first-order chi connectivity index (χ1) is 11.6. The Balaban J connectivity index is 1.88. The molecule has 1 aliphatic carbocycles. The number of aryl methyl sites for hydroxylation is 1. The highest BCUT2D eigenvalue weighted by Gasteiger charge is 2.26. The minimum Gasteiger partial charge on any atom is -0.478 e. The smallest absolute Gasteiger partial charge is 0.335 e. The number of nitrogens with zero attached hydrogens (tertiary/aromatic N) is 3. The number of carboxylic acids is 1. The van der Waals surface area contributed by atoms with E-state index < -0.39 is 5.97 Å². The van der Waals surface area contributed by atoms with Gasteiger partial charge in [-0.2, -0.15) is 5.10 Å². The Labute approximate surface area is 139 Å². The molecule has 3 aromatic rings. The number of ether oxygens (including phenoxy) is 1. The number of benzene rings is 1. The Bertz CT molecular complexity index is 917. The SMILES string of the molecule is CO[C@H]1CC[C@@H](n2c3ccc(C(=O)O)cc3c3nn(C)cc32)CC1. The lowest BCUT2D eigenvalue weighted by Crippen LogP contribution is -2.22. The van der Waals surface area contributed by atoms with Crippen molar-refractivity contribution in [2.24, 2.45) is 7.05 Å². The number of aromatic nitrogens is 3. The molecule has 2 aromatic heterocycles. The first-order valence-electron chi connectivity index (χ1n) is 8.32. The Morgan fingerprint density at radius 1 is 1.25 bits per heavy atom. The number of hydrogen-bond donors (Lipinski definition) is 1. The van der Waals surface area contributed by atoms with Gasteiger partial charge in [-0.1, -0.05) is 0 Å². The number of rotatable bonds is 3. The molecule has 6 heteroatoms. The summed E-state index contributed by atoms with van der Waals surface area (Å²) in [6.45, 7) is 0. The summed E-state index contributed by atoms with van der Waals surface area (Å²) >= 11 is 0. The molecule has 2 heterocycles. The zero-order chi connectivity index (χ0) is 16.8. The first kappa shape index (κ1) is 15.2. The van der Waals surface area contributed by atoms with Crippen LogP contribution in [0.1, 0.15) is 42.1 Å². The Kier molecular flexibility index (Phi) is 3.57. The predicted octanol–water partition coefficient (Wildman–Crippen LogP) is 3.36. The lowest BCUT2D eigenvalue weighted by Gasteiger charge is -2.29. The minimum atomic E-state index is -0.908. The van der Waals surface area contributed by atoms with Gasteiger partial charge in [0.15, 0.2) is 0 Å². The third-order valence-electron chi connectivity index (χ3n) is 5.17. The Morgan fingerprint density at radius 2 is 2.00 bits per heavy atom. The molecule has 126 valence electrons. The lowest BCUT2D eigenvalue weighted by atomic mass is 9.92. The zero-order valence-corrected chi connectivity index (χ0v) is 13.9. The van der Waals surface area contributed by atoms with Gasteiger partial charge in [-0.3, -0.25) is 4.68 Å². The van der Waals surface area contributed by atoms with Crippen molar-refractivity contribution in [1.29, 1.82) is 0 Å². The van der Waals surface area contributed by atoms with Gasteiger partial charge in [0.25, 0.3) is 0 Å². The van der Waals surface area contributed by atoms with E-state index in [1.807, 2.05) is 19.3 Å². The molecule has 6 nitrogen and oxygen atoms in total. The molecule has 0 bridgehead atoms. The molecule has 0 atom stereocenters. The molecule has 0 spiro atoms. The fourth-order valence-corrected chi connectivity index (χ4v) is 3.98. The summed E-state index contributed by atoms with van der Waals surface area (Å²) in [7, 11) is 3.68. The van der Waals surface area contributed by atoms with Crippen LogP contribution in [0, 0.1) is 0 Å². The molecular formula is C18H21N3O3. The average molecular weight is 327 g/mol. The van der Waals surface area contributed by atoms with Crippen LogP contribution in [0.2, 0.25) is 0 Å². The van der Waals surface area contributed by atoms with Crippen LogP contribution in [0.4, 0.5) is 0 Å². The van der Waals surface area contributed by atoms with Gasteiger partial charge in [0.05, 0.1) is 22.7 Å². The first-order valence-corrected chi connectivity index (χ1v) is 8.32. The van der Waals surface area contributed by atoms with Gasteiger partial charge in [0, 0.05) is 31.8 Å². The summed E-state index contributed by atoms with van der Waals surface area (Å²) in [5.41, 5.74) is 3.33. The van der Waals surface area contributed by atoms with E-state index in [1.54, 1.807) is 23.9 Å². The molecule has 0 aliphatic heterocycles. The fraction of sp³-hybridized carbons (Fsp3) is 0.444. The monoisotopic (exact) mass is 327 g/mol. The van der Waals surface area contributed by atoms with Crippen LogP contribution in [-0.4, -0.2) is 38.6 Å². The highest BCUT2D eigenvalue weighted by Crippen LogP contribution is 2.37. The van der Waals surface area contributed by atoms with E-state index in [0.717, 1.165) is 47.6 Å². The van der Waals surface area contributed by atoms with Gasteiger partial charge >= 0.3 is 5.97 Å². The van der Waals surface area contributed by atoms with Crippen molar-refractivity contribution in [3.05, 3.63) is 30.0 Å². The molecule has 1 fully saturated rings. The summed E-state index contributed by atoms with van der Waals surface area (Å²) in [4.78, 5) is 11.3. The number of methoxy groups -OCH3 is 1. The van der Waals surface area contributed by atoms with Crippen LogP contribution in [-0.2, 0) is 11.8 Å². The largest absolute Gasteiger partial charge is 0.478 e. The second-order valence-corrected chi connectivity index (χ2v) is 6.61. The summed E-state index contributed by atoms with van der Waals surface area (Å²) in [6.07, 6.45) is 6.61. The Hall–Kier alpha value is -2.34. The van der Waals surface area contributed by atoms with E-state index in [0.29, 0.717) is 17.7 Å². The Morgan fingerprint density at radius 3 is 2.67 bits per heavy atom. The van der Waals surface area contributed by atoms with Gasteiger partial charge in [-0.25, -0.2) is 4.79 Å². The molecule has 1 saturated carbocycles. The van der Waals surface area contributed by atoms with Crippen LogP contribution in [0.25, 0.3) is 21.9 Å². The molecule has 4 rings (SSSR count). The standard InChI is InChI=1S/C18H21N3O3/c1-20-10-16-17(19-20)14-9-11(18(22)23)3-8-15(14)21(16)12-4-6-13(24-2)7-5-12/h3,8-10,12-13H,4-7H2,1-2H3,(H,22,23)/t12-,13+. The molecule has 1 N–H and O–H groups in total. The molecule has 24 heavy (non-hydrogen) atoms. The maximum absolute atomic E-state index is 11.3. The van der Waals surface area contributed by atoms with Crippen LogP contribution >= 0.6 is 0 Å². The lowest BCUT2D eigenvalue weighted by molar-refractivity contribution is 0.0594. The summed E-state index contributed by atoms with van der Waals surface area (Å²) in [6, 6.07) is 5.74. The molecule has 0 unspecified atom stereocenters. The predicted molar refractivity (Wildman–Crippen MR) is 91.5 cm³/mol. The topological polar surface area (TPSA) is 69.3 Å². The van der Waals surface area contributed by atoms with Gasteiger partial charge in [0.1, 0.15) is 5.52 Å². The number of aromatic carboxylic acids is 1. The number of fused-ring (bicyclic) bond motifs is 3. The molecule has 1 aliphatic rings. The number of carboxylic acid groups (broad SMARTS) is 1. The van der Waals surface area contributed by atoms with E-state index in [9.17, 15) is 9.90 Å². The van der Waals surface area contributed by atoms with Crippen LogP contribution in [0.5, 0.6) is 0 Å². The highest BCUT2D eigenvalue weighted by atomic mass is 16.5. The van der Waals surface area contributed by atoms with Crippen molar-refractivity contribution in [3.8, 4) is 0 Å². The molecule has 0 saturated heterocycles. The minimum absolute atomic E-state index is 0.301. The van der Waals surface area contributed by atoms with Crippen LogP contribution < -0.4 is 0 Å². The molecule has 1 aromatic carbocycles. The molecule has 0 amide bonds. The van der Waals surface area contributed by atoms with E-state index in [2.05, 4.69) is 9.67 Å². The van der Waals surface area contributed by atoms with E-state index in [-0.39, 0.29) is 0 Å². The summed E-state index contributed by atoms with van der Waals surface area (Å²) < 4.78 is 9.63.